The SMILES string of the molecule is CS(=O)(=O)c1cccc(C(Nc2ncnc(N)c2Cl)c2ccc(F)c(F)c2)c1. The maximum absolute atomic E-state index is 13.8. The zero-order valence-electron chi connectivity index (χ0n) is 14.5. The lowest BCUT2D eigenvalue weighted by molar-refractivity contribution is 0.506. The molecule has 3 rings (SSSR count). The molecule has 0 spiro atoms. The van der Waals surface area contributed by atoms with E-state index < -0.39 is 27.5 Å². The van der Waals surface area contributed by atoms with Crippen LogP contribution < -0.4 is 11.1 Å². The molecule has 0 amide bonds. The Morgan fingerprint density at radius 3 is 2.46 bits per heavy atom. The lowest BCUT2D eigenvalue weighted by Crippen LogP contribution is -2.15. The Kier molecular flexibility index (Phi) is 5.48. The molecule has 1 atom stereocenters. The molecular weight excluding hydrogens is 410 g/mol. The Balaban J connectivity index is 2.14. The highest BCUT2D eigenvalue weighted by Gasteiger charge is 2.20. The number of hydrogen-bond donors (Lipinski definition) is 2. The van der Waals surface area contributed by atoms with Crippen LogP contribution in [0.1, 0.15) is 17.2 Å². The predicted octanol–water partition coefficient (Wildman–Crippen LogP) is 3.60. The van der Waals surface area contributed by atoms with Crippen LogP contribution in [0.5, 0.6) is 0 Å². The topological polar surface area (TPSA) is 98.0 Å². The zero-order chi connectivity index (χ0) is 20.5. The second-order valence-electron chi connectivity index (χ2n) is 6.02. The Labute approximate surface area is 165 Å². The summed E-state index contributed by atoms with van der Waals surface area (Å²) in [6.07, 6.45) is 2.27. The summed E-state index contributed by atoms with van der Waals surface area (Å²) in [6.45, 7) is 0. The van der Waals surface area contributed by atoms with Gasteiger partial charge in [0.25, 0.3) is 0 Å². The number of hydrogen-bond acceptors (Lipinski definition) is 6. The third-order valence-electron chi connectivity index (χ3n) is 3.99. The average Bonchev–Trinajstić information content (AvgIpc) is 2.65. The van der Waals surface area contributed by atoms with E-state index in [0.29, 0.717) is 11.1 Å². The first-order valence-electron chi connectivity index (χ1n) is 7.94. The van der Waals surface area contributed by atoms with E-state index >= 15 is 0 Å². The highest BCUT2D eigenvalue weighted by molar-refractivity contribution is 7.90. The lowest BCUT2D eigenvalue weighted by atomic mass is 9.98. The van der Waals surface area contributed by atoms with Crippen LogP contribution >= 0.6 is 11.6 Å². The molecule has 0 saturated carbocycles. The molecule has 0 aliphatic carbocycles. The van der Waals surface area contributed by atoms with E-state index in [9.17, 15) is 17.2 Å². The van der Waals surface area contributed by atoms with Crippen molar-refractivity contribution in [1.82, 2.24) is 9.97 Å². The number of anilines is 2. The number of aromatic nitrogens is 2. The highest BCUT2D eigenvalue weighted by atomic mass is 35.5. The van der Waals surface area contributed by atoms with Crippen LogP contribution in [-0.2, 0) is 9.84 Å². The van der Waals surface area contributed by atoms with E-state index in [1.165, 1.54) is 24.5 Å². The highest BCUT2D eigenvalue weighted by Crippen LogP contribution is 2.32. The van der Waals surface area contributed by atoms with Crippen LogP contribution in [0.15, 0.2) is 53.7 Å². The molecule has 6 nitrogen and oxygen atoms in total. The maximum atomic E-state index is 13.8. The number of nitrogens with one attached hydrogen (secondary N) is 1. The van der Waals surface area contributed by atoms with Gasteiger partial charge in [-0.3, -0.25) is 0 Å². The van der Waals surface area contributed by atoms with Crippen LogP contribution in [0.25, 0.3) is 0 Å². The molecule has 0 fully saturated rings. The van der Waals surface area contributed by atoms with Gasteiger partial charge in [0.15, 0.2) is 27.3 Å². The fourth-order valence-electron chi connectivity index (χ4n) is 2.60. The number of nitrogens with zero attached hydrogens (tertiary/aromatic N) is 2. The molecule has 1 heterocycles. The number of nitrogen functional groups attached to an aromatic ring is 1. The van der Waals surface area contributed by atoms with Crippen LogP contribution in [0.3, 0.4) is 0 Å². The summed E-state index contributed by atoms with van der Waals surface area (Å²) < 4.78 is 51.1. The van der Waals surface area contributed by atoms with Gasteiger partial charge in [0.1, 0.15) is 17.2 Å². The van der Waals surface area contributed by atoms with Crippen LogP contribution in [0, 0.1) is 11.6 Å². The Morgan fingerprint density at radius 2 is 1.79 bits per heavy atom. The van der Waals surface area contributed by atoms with E-state index in [0.717, 1.165) is 18.4 Å². The van der Waals surface area contributed by atoms with Crippen molar-refractivity contribution in [3.63, 3.8) is 0 Å². The van der Waals surface area contributed by atoms with Gasteiger partial charge in [-0.15, -0.1) is 0 Å². The number of nitrogens with two attached hydrogens (primary N) is 1. The van der Waals surface area contributed by atoms with Gasteiger partial charge < -0.3 is 11.1 Å². The normalized spacial score (nSPS) is 12.6. The fourth-order valence-corrected chi connectivity index (χ4v) is 3.42. The van der Waals surface area contributed by atoms with Crippen molar-refractivity contribution in [2.45, 2.75) is 10.9 Å². The first-order chi connectivity index (χ1) is 13.2. The second-order valence-corrected chi connectivity index (χ2v) is 8.41. The van der Waals surface area contributed by atoms with Gasteiger partial charge in [-0.05, 0) is 35.4 Å². The molecule has 0 bridgehead atoms. The summed E-state index contributed by atoms with van der Waals surface area (Å²) in [5.74, 6) is -1.85. The van der Waals surface area contributed by atoms with Gasteiger partial charge in [0.05, 0.1) is 10.9 Å². The van der Waals surface area contributed by atoms with Gasteiger partial charge in [-0.1, -0.05) is 29.8 Å². The zero-order valence-corrected chi connectivity index (χ0v) is 16.1. The van der Waals surface area contributed by atoms with Gasteiger partial charge in [0.2, 0.25) is 0 Å². The van der Waals surface area contributed by atoms with Gasteiger partial charge >= 0.3 is 0 Å². The minimum Gasteiger partial charge on any atom is -0.382 e. The predicted molar refractivity (Wildman–Crippen MR) is 103 cm³/mol. The van der Waals surface area contributed by atoms with Crippen molar-refractivity contribution in [2.75, 3.05) is 17.3 Å². The Hall–Kier alpha value is -2.78. The molecule has 1 unspecified atom stereocenters. The quantitative estimate of drug-likeness (QED) is 0.649. The molecule has 146 valence electrons. The summed E-state index contributed by atoms with van der Waals surface area (Å²) in [4.78, 5) is 7.87. The monoisotopic (exact) mass is 424 g/mol. The van der Waals surface area contributed by atoms with E-state index in [4.69, 9.17) is 17.3 Å². The molecule has 10 heteroatoms. The summed E-state index contributed by atoms with van der Waals surface area (Å²) in [5, 5.41) is 3.05. The lowest BCUT2D eigenvalue weighted by Gasteiger charge is -2.22. The Bertz CT molecular complexity index is 1140. The van der Waals surface area contributed by atoms with E-state index in [1.54, 1.807) is 12.1 Å². The molecule has 28 heavy (non-hydrogen) atoms. The molecule has 1 aromatic heterocycles. The molecule has 0 saturated heterocycles. The smallest absolute Gasteiger partial charge is 0.175 e. The van der Waals surface area contributed by atoms with Crippen LogP contribution in [0.2, 0.25) is 5.02 Å². The maximum Gasteiger partial charge on any atom is 0.175 e. The average molecular weight is 425 g/mol. The third-order valence-corrected chi connectivity index (χ3v) is 5.48. The molecular formula is C18H15ClF2N4O2S. The van der Waals surface area contributed by atoms with Crippen LogP contribution in [0.4, 0.5) is 20.4 Å². The van der Waals surface area contributed by atoms with E-state index in [1.807, 2.05) is 0 Å². The number of rotatable bonds is 5. The summed E-state index contributed by atoms with van der Waals surface area (Å²) in [6, 6.07) is 8.66. The molecule has 0 aliphatic rings. The summed E-state index contributed by atoms with van der Waals surface area (Å²) >= 11 is 6.13. The number of halogens is 3. The van der Waals surface area contributed by atoms with E-state index in [-0.39, 0.29) is 21.6 Å². The molecule has 3 aromatic rings. The minimum absolute atomic E-state index is 0.0353. The summed E-state index contributed by atoms with van der Waals surface area (Å²) in [5.41, 5.74) is 6.49. The standard InChI is InChI=1S/C18H15ClF2N4O2S/c1-28(26,27)12-4-2-3-10(7-12)16(11-5-6-13(20)14(21)8-11)25-18-15(19)17(22)23-9-24-18/h2-9,16H,1H3,(H3,22,23,24,25). The first kappa shape index (κ1) is 20.0. The Morgan fingerprint density at radius 1 is 1.07 bits per heavy atom. The summed E-state index contributed by atoms with van der Waals surface area (Å²) in [7, 11) is -3.48. The van der Waals surface area contributed by atoms with Crippen molar-refractivity contribution >= 4 is 33.1 Å². The molecule has 2 aromatic carbocycles. The van der Waals surface area contributed by atoms with Gasteiger partial charge in [-0.2, -0.15) is 0 Å². The van der Waals surface area contributed by atoms with Crippen molar-refractivity contribution in [2.24, 2.45) is 0 Å². The van der Waals surface area contributed by atoms with Gasteiger partial charge in [-0.25, -0.2) is 27.2 Å². The third kappa shape index (κ3) is 4.20. The number of sulfone groups is 1. The molecule has 0 radical (unpaired) electrons. The van der Waals surface area contributed by atoms with E-state index in [2.05, 4.69) is 15.3 Å². The van der Waals surface area contributed by atoms with Crippen molar-refractivity contribution in [1.29, 1.82) is 0 Å². The van der Waals surface area contributed by atoms with Gasteiger partial charge in [0, 0.05) is 6.26 Å². The molecule has 3 N–H and O–H groups in total. The fraction of sp³-hybridized carbons (Fsp3) is 0.111. The van der Waals surface area contributed by atoms with Crippen molar-refractivity contribution < 1.29 is 17.2 Å². The first-order valence-corrected chi connectivity index (χ1v) is 10.2. The van der Waals surface area contributed by atoms with Crippen LogP contribution in [-0.4, -0.2) is 24.6 Å². The van der Waals surface area contributed by atoms with Crippen molar-refractivity contribution in [3.8, 4) is 0 Å². The largest absolute Gasteiger partial charge is 0.382 e. The second kappa shape index (κ2) is 7.69. The minimum atomic E-state index is -3.48. The van der Waals surface area contributed by atoms with Crippen molar-refractivity contribution in [3.05, 3.63) is 76.6 Å². The molecule has 0 aliphatic heterocycles. The number of benzene rings is 2.